The van der Waals surface area contributed by atoms with Gasteiger partial charge in [-0.25, -0.2) is 8.42 Å². The molecular formula is C14H19NO5S. The maximum Gasteiger partial charge on any atom is 0.304 e. The van der Waals surface area contributed by atoms with Crippen LogP contribution in [0.25, 0.3) is 0 Å². The fourth-order valence-corrected chi connectivity index (χ4v) is 4.08. The van der Waals surface area contributed by atoms with Crippen LogP contribution in [0.15, 0.2) is 24.3 Å². The molecule has 0 amide bonds. The number of carboxylic acid groups (broad SMARTS) is 1. The van der Waals surface area contributed by atoms with E-state index in [-0.39, 0.29) is 17.9 Å². The molecule has 1 unspecified atom stereocenters. The second kappa shape index (κ2) is 6.44. The van der Waals surface area contributed by atoms with Crippen LogP contribution in [0.5, 0.6) is 5.75 Å². The van der Waals surface area contributed by atoms with E-state index in [4.69, 9.17) is 9.84 Å². The number of benzene rings is 1. The summed E-state index contributed by atoms with van der Waals surface area (Å²) in [7, 11) is -1.55. The van der Waals surface area contributed by atoms with E-state index < -0.39 is 21.8 Å². The zero-order chi connectivity index (χ0) is 15.5. The molecule has 1 N–H and O–H groups in total. The average molecular weight is 313 g/mol. The molecule has 2 rings (SSSR count). The molecule has 116 valence electrons. The van der Waals surface area contributed by atoms with Gasteiger partial charge in [0.1, 0.15) is 5.75 Å². The first-order valence-electron chi connectivity index (χ1n) is 6.69. The van der Waals surface area contributed by atoms with Crippen LogP contribution in [0.2, 0.25) is 0 Å². The predicted molar refractivity (Wildman–Crippen MR) is 78.1 cm³/mol. The van der Waals surface area contributed by atoms with Gasteiger partial charge in [0.25, 0.3) is 0 Å². The average Bonchev–Trinajstić information content (AvgIpc) is 2.41. The first kappa shape index (κ1) is 15.8. The summed E-state index contributed by atoms with van der Waals surface area (Å²) in [6, 6.07) is 7.01. The van der Waals surface area contributed by atoms with E-state index in [2.05, 4.69) is 0 Å². The van der Waals surface area contributed by atoms with Crippen LogP contribution < -0.4 is 4.74 Å². The Balaban J connectivity index is 2.09. The summed E-state index contributed by atoms with van der Waals surface area (Å²) in [4.78, 5) is 12.8. The number of carboxylic acids is 1. The molecule has 1 aliphatic rings. The highest BCUT2D eigenvalue weighted by atomic mass is 32.2. The van der Waals surface area contributed by atoms with Crippen molar-refractivity contribution in [1.29, 1.82) is 0 Å². The third kappa shape index (κ3) is 4.44. The van der Waals surface area contributed by atoms with Gasteiger partial charge >= 0.3 is 5.97 Å². The quantitative estimate of drug-likeness (QED) is 0.864. The molecule has 1 aromatic carbocycles. The summed E-state index contributed by atoms with van der Waals surface area (Å²) >= 11 is 0. The zero-order valence-electron chi connectivity index (χ0n) is 11.9. The van der Waals surface area contributed by atoms with Gasteiger partial charge in [0.2, 0.25) is 0 Å². The van der Waals surface area contributed by atoms with Gasteiger partial charge in [0, 0.05) is 19.1 Å². The Labute approximate surface area is 124 Å². The Morgan fingerprint density at radius 3 is 2.62 bits per heavy atom. The second-order valence-corrected chi connectivity index (χ2v) is 7.41. The zero-order valence-corrected chi connectivity index (χ0v) is 12.7. The summed E-state index contributed by atoms with van der Waals surface area (Å²) < 4.78 is 28.5. The molecule has 0 aromatic heterocycles. The van der Waals surface area contributed by atoms with E-state index in [0.29, 0.717) is 13.1 Å². The van der Waals surface area contributed by atoms with Crippen molar-refractivity contribution in [2.75, 3.05) is 25.2 Å². The monoisotopic (exact) mass is 313 g/mol. The Bertz CT molecular complexity index is 596. The SMILES string of the molecule is COc1ccc(CN2CCS(=O)(=O)CC2CC(=O)O)cc1. The molecule has 6 nitrogen and oxygen atoms in total. The summed E-state index contributed by atoms with van der Waals surface area (Å²) in [6.45, 7) is 0.907. The lowest BCUT2D eigenvalue weighted by Gasteiger charge is -2.34. The molecule has 1 saturated heterocycles. The molecule has 1 atom stereocenters. The number of ether oxygens (including phenoxy) is 1. The Hall–Kier alpha value is -1.60. The molecule has 0 saturated carbocycles. The lowest BCUT2D eigenvalue weighted by molar-refractivity contribution is -0.138. The smallest absolute Gasteiger partial charge is 0.304 e. The van der Waals surface area contributed by atoms with Gasteiger partial charge in [0.05, 0.1) is 25.0 Å². The molecule has 0 aliphatic carbocycles. The van der Waals surface area contributed by atoms with Crippen LogP contribution >= 0.6 is 0 Å². The predicted octanol–water partition coefficient (Wildman–Crippen LogP) is 0.769. The lowest BCUT2D eigenvalue weighted by atomic mass is 10.1. The van der Waals surface area contributed by atoms with Crippen molar-refractivity contribution >= 4 is 15.8 Å². The van der Waals surface area contributed by atoms with E-state index in [0.717, 1.165) is 11.3 Å². The summed E-state index contributed by atoms with van der Waals surface area (Å²) in [5.41, 5.74) is 1.01. The first-order chi connectivity index (χ1) is 9.89. The number of carbonyl (C=O) groups is 1. The molecule has 1 aliphatic heterocycles. The van der Waals surface area contributed by atoms with Crippen LogP contribution in [-0.4, -0.2) is 55.6 Å². The van der Waals surface area contributed by atoms with Crippen LogP contribution in [0.4, 0.5) is 0 Å². The minimum atomic E-state index is -3.14. The Kier molecular flexibility index (Phi) is 4.84. The van der Waals surface area contributed by atoms with Crippen LogP contribution in [0.3, 0.4) is 0 Å². The van der Waals surface area contributed by atoms with Gasteiger partial charge in [-0.1, -0.05) is 12.1 Å². The van der Waals surface area contributed by atoms with Crippen molar-refractivity contribution in [3.63, 3.8) is 0 Å². The highest BCUT2D eigenvalue weighted by molar-refractivity contribution is 7.91. The molecule has 1 aromatic rings. The van der Waals surface area contributed by atoms with E-state index in [1.807, 2.05) is 29.2 Å². The van der Waals surface area contributed by atoms with E-state index in [1.165, 1.54) is 0 Å². The van der Waals surface area contributed by atoms with E-state index >= 15 is 0 Å². The molecule has 1 heterocycles. The second-order valence-electron chi connectivity index (χ2n) is 5.18. The maximum atomic E-state index is 11.7. The van der Waals surface area contributed by atoms with Crippen molar-refractivity contribution in [2.24, 2.45) is 0 Å². The third-order valence-electron chi connectivity index (χ3n) is 3.61. The number of hydrogen-bond acceptors (Lipinski definition) is 5. The highest BCUT2D eigenvalue weighted by Crippen LogP contribution is 2.19. The summed E-state index contributed by atoms with van der Waals surface area (Å²) in [6.07, 6.45) is -0.157. The maximum absolute atomic E-state index is 11.7. The van der Waals surface area contributed by atoms with Gasteiger partial charge in [-0.3, -0.25) is 9.69 Å². The molecule has 21 heavy (non-hydrogen) atoms. The van der Waals surface area contributed by atoms with E-state index in [9.17, 15) is 13.2 Å². The number of rotatable bonds is 5. The topological polar surface area (TPSA) is 83.9 Å². The molecule has 1 fully saturated rings. The Morgan fingerprint density at radius 1 is 1.38 bits per heavy atom. The van der Waals surface area contributed by atoms with Crippen molar-refractivity contribution < 1.29 is 23.1 Å². The van der Waals surface area contributed by atoms with Gasteiger partial charge in [0.15, 0.2) is 9.84 Å². The van der Waals surface area contributed by atoms with E-state index in [1.54, 1.807) is 7.11 Å². The normalized spacial score (nSPS) is 21.9. The fourth-order valence-electron chi connectivity index (χ4n) is 2.48. The number of nitrogens with zero attached hydrogens (tertiary/aromatic N) is 1. The standard InChI is InChI=1S/C14H19NO5S/c1-20-13-4-2-11(3-5-13)9-15-6-7-21(18,19)10-12(15)8-14(16)17/h2-5,12H,6-10H2,1H3,(H,16,17). The third-order valence-corrected chi connectivity index (χ3v) is 5.30. The largest absolute Gasteiger partial charge is 0.497 e. The van der Waals surface area contributed by atoms with Gasteiger partial charge in [-0.2, -0.15) is 0 Å². The summed E-state index contributed by atoms with van der Waals surface area (Å²) in [5.74, 6) is -0.228. The van der Waals surface area contributed by atoms with Gasteiger partial charge in [-0.15, -0.1) is 0 Å². The van der Waals surface area contributed by atoms with Gasteiger partial charge in [-0.05, 0) is 17.7 Å². The minimum Gasteiger partial charge on any atom is -0.497 e. The molecular weight excluding hydrogens is 294 g/mol. The number of sulfone groups is 1. The molecule has 0 radical (unpaired) electrons. The Morgan fingerprint density at radius 2 is 2.05 bits per heavy atom. The van der Waals surface area contributed by atoms with Crippen LogP contribution in [0.1, 0.15) is 12.0 Å². The number of hydrogen-bond donors (Lipinski definition) is 1. The molecule has 0 spiro atoms. The van der Waals surface area contributed by atoms with Crippen LogP contribution in [0, 0.1) is 0 Å². The van der Waals surface area contributed by atoms with Crippen molar-refractivity contribution in [1.82, 2.24) is 4.90 Å². The number of aliphatic carboxylic acids is 1. The van der Waals surface area contributed by atoms with Gasteiger partial charge < -0.3 is 9.84 Å². The lowest BCUT2D eigenvalue weighted by Crippen LogP contribution is -2.48. The van der Waals surface area contributed by atoms with Crippen molar-refractivity contribution in [3.05, 3.63) is 29.8 Å². The van der Waals surface area contributed by atoms with Crippen molar-refractivity contribution in [3.8, 4) is 5.75 Å². The number of methoxy groups -OCH3 is 1. The van der Waals surface area contributed by atoms with Crippen LogP contribution in [-0.2, 0) is 21.2 Å². The van der Waals surface area contributed by atoms with Crippen molar-refractivity contribution in [2.45, 2.75) is 19.0 Å². The molecule has 0 bridgehead atoms. The fraction of sp³-hybridized carbons (Fsp3) is 0.500. The highest BCUT2D eigenvalue weighted by Gasteiger charge is 2.32. The summed E-state index contributed by atoms with van der Waals surface area (Å²) in [5, 5.41) is 8.95. The minimum absolute atomic E-state index is 0.0826. The first-order valence-corrected chi connectivity index (χ1v) is 8.51. The molecule has 7 heteroatoms.